The van der Waals surface area contributed by atoms with Crippen LogP contribution in [0.25, 0.3) is 34.1 Å². The molecule has 1 fully saturated rings. The van der Waals surface area contributed by atoms with Crippen LogP contribution in [-0.4, -0.2) is 38.3 Å². The number of fused-ring (bicyclic) bond motifs is 1. The molecule has 0 aliphatic heterocycles. The fourth-order valence-electron chi connectivity index (χ4n) is 4.14. The molecule has 34 heavy (non-hydrogen) atoms. The van der Waals surface area contributed by atoms with Gasteiger partial charge in [-0.25, -0.2) is 23.4 Å². The Morgan fingerprint density at radius 3 is 2.29 bits per heavy atom. The predicted molar refractivity (Wildman–Crippen MR) is 121 cm³/mol. The number of nitrogens with zero attached hydrogens (tertiary/aromatic N) is 5. The first-order chi connectivity index (χ1) is 16.0. The number of hydrogen-bond acceptors (Lipinski definition) is 5. The lowest BCUT2D eigenvalue weighted by Gasteiger charge is -2.08. The predicted octanol–water partition coefficient (Wildman–Crippen LogP) is 4.73. The van der Waals surface area contributed by atoms with E-state index in [9.17, 15) is 21.6 Å². The number of aryl methyl sites for hydroxylation is 1. The number of sulfone groups is 1. The fourth-order valence-corrected chi connectivity index (χ4v) is 5.35. The van der Waals surface area contributed by atoms with Gasteiger partial charge in [-0.1, -0.05) is 31.2 Å². The molecule has 5 rings (SSSR count). The van der Waals surface area contributed by atoms with Gasteiger partial charge in [0.2, 0.25) is 0 Å². The highest BCUT2D eigenvalue weighted by molar-refractivity contribution is 7.91. The molecule has 1 aliphatic rings. The quantitative estimate of drug-likeness (QED) is 0.405. The first kappa shape index (κ1) is 22.6. The zero-order chi connectivity index (χ0) is 24.4. The molecule has 0 spiro atoms. The first-order valence-corrected chi connectivity index (χ1v) is 12.5. The maximum atomic E-state index is 13.2. The third-order valence-corrected chi connectivity index (χ3v) is 8.00. The first-order valence-electron chi connectivity index (χ1n) is 10.8. The van der Waals surface area contributed by atoms with Gasteiger partial charge in [-0.05, 0) is 30.4 Å². The molecule has 0 radical (unpaired) electrons. The van der Waals surface area contributed by atoms with E-state index in [1.54, 1.807) is 14.1 Å². The number of halogens is 3. The molecule has 0 atom stereocenters. The van der Waals surface area contributed by atoms with E-state index in [1.807, 2.05) is 24.3 Å². The lowest BCUT2D eigenvalue weighted by atomic mass is 10.1. The molecule has 3 heterocycles. The van der Waals surface area contributed by atoms with Crippen molar-refractivity contribution < 1.29 is 21.6 Å². The van der Waals surface area contributed by atoms with Crippen molar-refractivity contribution in [3.05, 3.63) is 47.7 Å². The monoisotopic (exact) mass is 489 g/mol. The molecule has 0 unspecified atom stereocenters. The molecule has 1 aromatic carbocycles. The lowest BCUT2D eigenvalue weighted by Crippen LogP contribution is -2.11. The number of rotatable bonds is 5. The van der Waals surface area contributed by atoms with E-state index in [2.05, 4.69) is 15.0 Å². The molecule has 0 N–H and O–H groups in total. The normalized spacial score (nSPS) is 14.8. The summed E-state index contributed by atoms with van der Waals surface area (Å²) in [6.07, 6.45) is -1.49. The number of alkyl halides is 3. The highest BCUT2D eigenvalue weighted by atomic mass is 32.2. The van der Waals surface area contributed by atoms with Crippen molar-refractivity contribution in [3.8, 4) is 22.9 Å². The van der Waals surface area contributed by atoms with Gasteiger partial charge in [-0.15, -0.1) is 0 Å². The molecule has 0 amide bonds. The van der Waals surface area contributed by atoms with Crippen LogP contribution in [0.15, 0.2) is 41.6 Å². The zero-order valence-electron chi connectivity index (χ0n) is 18.8. The Hall–Kier alpha value is -3.21. The van der Waals surface area contributed by atoms with E-state index in [4.69, 9.17) is 0 Å². The number of hydrogen-bond donors (Lipinski definition) is 0. The Bertz CT molecular complexity index is 1510. The molecule has 11 heteroatoms. The molecule has 0 bridgehead atoms. The van der Waals surface area contributed by atoms with E-state index in [-0.39, 0.29) is 33.5 Å². The van der Waals surface area contributed by atoms with E-state index < -0.39 is 21.6 Å². The Labute approximate surface area is 194 Å². The molecule has 0 saturated heterocycles. The Morgan fingerprint density at radius 2 is 1.71 bits per heavy atom. The highest BCUT2D eigenvalue weighted by Crippen LogP contribution is 2.41. The average molecular weight is 490 g/mol. The Kier molecular flexibility index (Phi) is 5.08. The van der Waals surface area contributed by atoms with Crippen molar-refractivity contribution in [1.29, 1.82) is 0 Å². The van der Waals surface area contributed by atoms with Crippen LogP contribution in [0.2, 0.25) is 0 Å². The van der Waals surface area contributed by atoms with Crippen molar-refractivity contribution >= 4 is 21.0 Å². The van der Waals surface area contributed by atoms with Crippen molar-refractivity contribution in [2.24, 2.45) is 14.1 Å². The summed E-state index contributed by atoms with van der Waals surface area (Å²) in [6.45, 7) is 1.53. The summed E-state index contributed by atoms with van der Waals surface area (Å²) >= 11 is 0. The maximum absolute atomic E-state index is 13.2. The molecule has 7 nitrogen and oxygen atoms in total. The third-order valence-electron chi connectivity index (χ3n) is 6.18. The minimum Gasteiger partial charge on any atom is -0.318 e. The minimum absolute atomic E-state index is 0.00756. The van der Waals surface area contributed by atoms with E-state index in [0.29, 0.717) is 11.7 Å². The summed E-state index contributed by atoms with van der Waals surface area (Å²) in [6, 6.07) is 8.77. The van der Waals surface area contributed by atoms with Crippen LogP contribution in [0.4, 0.5) is 13.2 Å². The van der Waals surface area contributed by atoms with E-state index in [1.165, 1.54) is 34.5 Å². The topological polar surface area (TPSA) is 82.7 Å². The maximum Gasteiger partial charge on any atom is 0.417 e. The van der Waals surface area contributed by atoms with Crippen molar-refractivity contribution in [1.82, 2.24) is 24.1 Å². The van der Waals surface area contributed by atoms with Crippen LogP contribution in [-0.2, 0) is 30.1 Å². The number of aromatic nitrogens is 5. The second-order valence-corrected chi connectivity index (χ2v) is 10.7. The molecule has 3 aromatic heterocycles. The second kappa shape index (κ2) is 7.66. The number of benzene rings is 1. The van der Waals surface area contributed by atoms with Crippen LogP contribution < -0.4 is 0 Å². The molecule has 1 aliphatic carbocycles. The average Bonchev–Trinajstić information content (AvgIpc) is 3.51. The lowest BCUT2D eigenvalue weighted by molar-refractivity contribution is -0.137. The largest absolute Gasteiger partial charge is 0.417 e. The minimum atomic E-state index is -4.57. The number of imidazole rings is 2. The molecule has 4 aromatic rings. The van der Waals surface area contributed by atoms with Crippen molar-refractivity contribution in [2.75, 3.05) is 5.75 Å². The smallest absolute Gasteiger partial charge is 0.318 e. The molecular formula is C23H22F3N5O2S. The summed E-state index contributed by atoms with van der Waals surface area (Å²) in [5.41, 5.74) is 1.34. The Morgan fingerprint density at radius 1 is 1.03 bits per heavy atom. The van der Waals surface area contributed by atoms with Crippen LogP contribution >= 0.6 is 0 Å². The second-order valence-electron chi connectivity index (χ2n) is 8.51. The summed E-state index contributed by atoms with van der Waals surface area (Å²) in [5.74, 6) is 0.974. The van der Waals surface area contributed by atoms with Gasteiger partial charge in [-0.2, -0.15) is 13.2 Å². The Balaban J connectivity index is 1.71. The number of pyridine rings is 1. The standard InChI is InChI=1S/C23H22F3N5O2S/c1-4-34(32,33)22-18(21-28-17-11-16(23(24,25)26)12-27-20(17)30(21)2)29-19(31(22)3)15-9-7-14(8-10-15)13-5-6-13/h7-13H,4-6H2,1-3H3. The van der Waals surface area contributed by atoms with E-state index >= 15 is 0 Å². The van der Waals surface area contributed by atoms with Gasteiger partial charge in [0, 0.05) is 25.9 Å². The SMILES string of the molecule is CCS(=O)(=O)c1c(-c2nc3cc(C(F)(F)F)cnc3n2C)nc(-c2ccc(C3CC3)cc2)n1C. The zero-order valence-corrected chi connectivity index (χ0v) is 19.6. The van der Waals surface area contributed by atoms with E-state index in [0.717, 1.165) is 17.8 Å². The molecule has 1 saturated carbocycles. The summed E-state index contributed by atoms with van der Waals surface area (Å²) in [5, 5.41) is -0.0364. The van der Waals surface area contributed by atoms with Crippen molar-refractivity contribution in [2.45, 2.75) is 36.9 Å². The van der Waals surface area contributed by atoms with Crippen LogP contribution in [0.3, 0.4) is 0 Å². The van der Waals surface area contributed by atoms with Crippen LogP contribution in [0, 0.1) is 0 Å². The van der Waals surface area contributed by atoms with Crippen LogP contribution in [0.1, 0.15) is 36.8 Å². The van der Waals surface area contributed by atoms with Gasteiger partial charge in [0.25, 0.3) is 0 Å². The highest BCUT2D eigenvalue weighted by Gasteiger charge is 2.33. The summed E-state index contributed by atoms with van der Waals surface area (Å²) < 4.78 is 68.6. The van der Waals surface area contributed by atoms with Gasteiger partial charge >= 0.3 is 6.18 Å². The van der Waals surface area contributed by atoms with Gasteiger partial charge in [-0.3, -0.25) is 0 Å². The van der Waals surface area contributed by atoms with Gasteiger partial charge in [0.15, 0.2) is 26.3 Å². The fraction of sp³-hybridized carbons (Fsp3) is 0.348. The van der Waals surface area contributed by atoms with Crippen molar-refractivity contribution in [3.63, 3.8) is 0 Å². The summed E-state index contributed by atoms with van der Waals surface area (Å²) in [7, 11) is -0.553. The summed E-state index contributed by atoms with van der Waals surface area (Å²) in [4.78, 5) is 12.9. The van der Waals surface area contributed by atoms with Gasteiger partial charge in [0.05, 0.1) is 11.3 Å². The molecule has 178 valence electrons. The van der Waals surface area contributed by atoms with Crippen LogP contribution in [0.5, 0.6) is 0 Å². The third kappa shape index (κ3) is 3.67. The molecular weight excluding hydrogens is 467 g/mol. The van der Waals surface area contributed by atoms with Gasteiger partial charge < -0.3 is 9.13 Å². The van der Waals surface area contributed by atoms with Gasteiger partial charge in [0.1, 0.15) is 17.0 Å².